The lowest BCUT2D eigenvalue weighted by molar-refractivity contribution is 0.0903. The number of nitrogens with zero attached hydrogens (tertiary/aromatic N) is 1. The van der Waals surface area contributed by atoms with Gasteiger partial charge in [-0.2, -0.15) is 11.3 Å². The molecule has 4 nitrogen and oxygen atoms in total. The fourth-order valence-electron chi connectivity index (χ4n) is 3.37. The van der Waals surface area contributed by atoms with Crippen LogP contribution in [-0.2, 0) is 0 Å². The van der Waals surface area contributed by atoms with Gasteiger partial charge in [0.1, 0.15) is 0 Å². The Hall–Kier alpha value is -0.910. The molecule has 0 radical (unpaired) electrons. The second kappa shape index (κ2) is 7.38. The van der Waals surface area contributed by atoms with Crippen LogP contribution in [0.5, 0.6) is 0 Å². The van der Waals surface area contributed by atoms with Crippen LogP contribution in [0, 0.1) is 5.92 Å². The van der Waals surface area contributed by atoms with Gasteiger partial charge in [-0.15, -0.1) is 0 Å². The van der Waals surface area contributed by atoms with Gasteiger partial charge in [-0.1, -0.05) is 0 Å². The van der Waals surface area contributed by atoms with Gasteiger partial charge in [0.15, 0.2) is 0 Å². The molecule has 0 aliphatic carbocycles. The topological polar surface area (TPSA) is 44.4 Å². The average Bonchev–Trinajstić information content (AvgIpc) is 3.05. The van der Waals surface area contributed by atoms with E-state index in [2.05, 4.69) is 15.5 Å². The Kier molecular flexibility index (Phi) is 5.27. The van der Waals surface area contributed by atoms with Gasteiger partial charge in [0.25, 0.3) is 5.91 Å². The van der Waals surface area contributed by atoms with Gasteiger partial charge in [-0.05, 0) is 56.1 Å². The molecule has 3 heterocycles. The van der Waals surface area contributed by atoms with Crippen LogP contribution >= 0.6 is 11.3 Å². The third-order valence-corrected chi connectivity index (χ3v) is 5.30. The predicted octanol–water partition coefficient (Wildman–Crippen LogP) is 1.94. The number of hydrogen-bond donors (Lipinski definition) is 2. The summed E-state index contributed by atoms with van der Waals surface area (Å²) in [5.41, 5.74) is 0.802. The highest BCUT2D eigenvalue weighted by molar-refractivity contribution is 7.08. The summed E-state index contributed by atoms with van der Waals surface area (Å²) in [7, 11) is 0. The van der Waals surface area contributed by atoms with Crippen LogP contribution in [-0.4, -0.2) is 49.6 Å². The van der Waals surface area contributed by atoms with E-state index in [1.165, 1.54) is 32.5 Å². The Morgan fingerprint density at radius 2 is 2.24 bits per heavy atom. The van der Waals surface area contributed by atoms with E-state index in [1.807, 2.05) is 16.8 Å². The molecule has 5 heteroatoms. The van der Waals surface area contributed by atoms with Crippen molar-refractivity contribution >= 4 is 17.2 Å². The Balaban J connectivity index is 1.39. The molecule has 0 aromatic carbocycles. The van der Waals surface area contributed by atoms with Crippen molar-refractivity contribution in [1.29, 1.82) is 0 Å². The fraction of sp³-hybridized carbons (Fsp3) is 0.688. The van der Waals surface area contributed by atoms with E-state index in [9.17, 15) is 4.79 Å². The maximum Gasteiger partial charge on any atom is 0.252 e. The number of nitrogens with one attached hydrogen (secondary N) is 2. The van der Waals surface area contributed by atoms with Crippen LogP contribution in [0.3, 0.4) is 0 Å². The molecule has 0 bridgehead atoms. The van der Waals surface area contributed by atoms with E-state index in [-0.39, 0.29) is 5.91 Å². The van der Waals surface area contributed by atoms with Gasteiger partial charge in [0.05, 0.1) is 0 Å². The van der Waals surface area contributed by atoms with Crippen molar-refractivity contribution in [3.8, 4) is 0 Å². The van der Waals surface area contributed by atoms with E-state index in [0.29, 0.717) is 6.04 Å². The summed E-state index contributed by atoms with van der Waals surface area (Å²) in [6.07, 6.45) is 4.84. The lowest BCUT2D eigenvalue weighted by Crippen LogP contribution is -2.47. The van der Waals surface area contributed by atoms with Crippen LogP contribution < -0.4 is 10.6 Å². The molecule has 1 aromatic heterocycles. The zero-order chi connectivity index (χ0) is 14.5. The normalized spacial score (nSPS) is 24.9. The van der Waals surface area contributed by atoms with Crippen molar-refractivity contribution in [2.24, 2.45) is 5.92 Å². The quantitative estimate of drug-likeness (QED) is 0.893. The standard InChI is InChI=1S/C16H25N3OS/c20-16(14-5-9-21-12-14)18-15-3-7-19(8-4-15)11-13-2-1-6-17-10-13/h5,9,12-13,15,17H,1-4,6-8,10-11H2,(H,18,20). The van der Waals surface area contributed by atoms with Crippen molar-refractivity contribution in [3.05, 3.63) is 22.4 Å². The summed E-state index contributed by atoms with van der Waals surface area (Å²) in [5, 5.41) is 10.5. The maximum atomic E-state index is 12.0. The van der Waals surface area contributed by atoms with Crippen molar-refractivity contribution in [2.45, 2.75) is 31.7 Å². The zero-order valence-corrected chi connectivity index (χ0v) is 13.3. The lowest BCUT2D eigenvalue weighted by Gasteiger charge is -2.35. The van der Waals surface area contributed by atoms with E-state index in [4.69, 9.17) is 0 Å². The summed E-state index contributed by atoms with van der Waals surface area (Å²) in [4.78, 5) is 14.6. The molecule has 0 saturated carbocycles. The minimum Gasteiger partial charge on any atom is -0.349 e. The molecule has 1 atom stereocenters. The first kappa shape index (κ1) is 15.0. The molecule has 21 heavy (non-hydrogen) atoms. The summed E-state index contributed by atoms with van der Waals surface area (Å²) < 4.78 is 0. The Bertz CT molecular complexity index is 434. The Morgan fingerprint density at radius 3 is 2.90 bits per heavy atom. The Labute approximate surface area is 130 Å². The minimum absolute atomic E-state index is 0.0891. The minimum atomic E-state index is 0.0891. The summed E-state index contributed by atoms with van der Waals surface area (Å²) in [6, 6.07) is 2.24. The number of likely N-dealkylation sites (tertiary alicyclic amines) is 1. The van der Waals surface area contributed by atoms with Crippen molar-refractivity contribution < 1.29 is 4.79 Å². The van der Waals surface area contributed by atoms with Gasteiger partial charge in [-0.3, -0.25) is 4.79 Å². The van der Waals surface area contributed by atoms with Crippen LogP contribution in [0.15, 0.2) is 16.8 Å². The zero-order valence-electron chi connectivity index (χ0n) is 12.5. The largest absolute Gasteiger partial charge is 0.349 e. The van der Waals surface area contributed by atoms with Crippen molar-refractivity contribution in [3.63, 3.8) is 0 Å². The third kappa shape index (κ3) is 4.28. The van der Waals surface area contributed by atoms with Gasteiger partial charge in [0, 0.05) is 36.6 Å². The summed E-state index contributed by atoms with van der Waals surface area (Å²) in [5.74, 6) is 0.905. The molecule has 1 aromatic rings. The number of hydrogen-bond acceptors (Lipinski definition) is 4. The van der Waals surface area contributed by atoms with Crippen LogP contribution in [0.25, 0.3) is 0 Å². The predicted molar refractivity (Wildman–Crippen MR) is 86.8 cm³/mol. The molecule has 2 aliphatic rings. The number of carbonyl (C=O) groups is 1. The second-order valence-electron chi connectivity index (χ2n) is 6.27. The first-order chi connectivity index (χ1) is 10.3. The number of piperidine rings is 2. The van der Waals surface area contributed by atoms with Crippen LogP contribution in [0.4, 0.5) is 0 Å². The summed E-state index contributed by atoms with van der Waals surface area (Å²) in [6.45, 7) is 5.82. The monoisotopic (exact) mass is 307 g/mol. The van der Waals surface area contributed by atoms with Crippen molar-refractivity contribution in [1.82, 2.24) is 15.5 Å². The van der Waals surface area contributed by atoms with Gasteiger partial charge in [-0.25, -0.2) is 0 Å². The molecule has 2 saturated heterocycles. The fourth-order valence-corrected chi connectivity index (χ4v) is 4.00. The molecule has 0 spiro atoms. The van der Waals surface area contributed by atoms with E-state index in [0.717, 1.165) is 37.4 Å². The van der Waals surface area contributed by atoms with Gasteiger partial charge < -0.3 is 15.5 Å². The SMILES string of the molecule is O=C(NC1CCN(CC2CCCNC2)CC1)c1ccsc1. The van der Waals surface area contributed by atoms with E-state index >= 15 is 0 Å². The van der Waals surface area contributed by atoms with Gasteiger partial charge >= 0.3 is 0 Å². The molecule has 116 valence electrons. The number of amides is 1. The van der Waals surface area contributed by atoms with Crippen LogP contribution in [0.1, 0.15) is 36.0 Å². The van der Waals surface area contributed by atoms with E-state index in [1.54, 1.807) is 11.3 Å². The molecule has 2 fully saturated rings. The maximum absolute atomic E-state index is 12.0. The van der Waals surface area contributed by atoms with Gasteiger partial charge in [0.2, 0.25) is 0 Å². The molecule has 1 amide bonds. The second-order valence-corrected chi connectivity index (χ2v) is 7.05. The number of carbonyl (C=O) groups excluding carboxylic acids is 1. The number of rotatable bonds is 4. The highest BCUT2D eigenvalue weighted by atomic mass is 32.1. The molecular weight excluding hydrogens is 282 g/mol. The third-order valence-electron chi connectivity index (χ3n) is 4.62. The van der Waals surface area contributed by atoms with E-state index < -0.39 is 0 Å². The summed E-state index contributed by atoms with van der Waals surface area (Å²) >= 11 is 1.57. The highest BCUT2D eigenvalue weighted by Gasteiger charge is 2.23. The Morgan fingerprint density at radius 1 is 1.38 bits per heavy atom. The molecule has 3 rings (SSSR count). The first-order valence-electron chi connectivity index (χ1n) is 8.07. The molecule has 2 N–H and O–H groups in total. The van der Waals surface area contributed by atoms with Crippen LogP contribution in [0.2, 0.25) is 0 Å². The lowest BCUT2D eigenvalue weighted by atomic mass is 9.97. The average molecular weight is 307 g/mol. The molecular formula is C16H25N3OS. The molecule has 2 aliphatic heterocycles. The number of thiophene rings is 1. The smallest absolute Gasteiger partial charge is 0.252 e. The highest BCUT2D eigenvalue weighted by Crippen LogP contribution is 2.17. The van der Waals surface area contributed by atoms with Crippen molar-refractivity contribution in [2.75, 3.05) is 32.7 Å². The first-order valence-corrected chi connectivity index (χ1v) is 9.01. The molecule has 1 unspecified atom stereocenters.